The van der Waals surface area contributed by atoms with Gasteiger partial charge in [0.05, 0.1) is 17.3 Å². The summed E-state index contributed by atoms with van der Waals surface area (Å²) in [7, 11) is 1.67. The molecule has 3 heterocycles. The van der Waals surface area contributed by atoms with Gasteiger partial charge in [-0.15, -0.1) is 0 Å². The number of nitrogens with one attached hydrogen (secondary N) is 3. The molecule has 0 aliphatic carbocycles. The maximum Gasteiger partial charge on any atom is 0.416 e. The van der Waals surface area contributed by atoms with Crippen molar-refractivity contribution in [3.05, 3.63) is 53.9 Å². The van der Waals surface area contributed by atoms with Gasteiger partial charge in [0.25, 0.3) is 5.91 Å². The average molecular weight is 501 g/mol. The van der Waals surface area contributed by atoms with Crippen LogP contribution < -0.4 is 26.6 Å². The molecule has 5 N–H and O–H groups in total. The molecule has 4 rings (SSSR count). The number of alkyl halides is 3. The van der Waals surface area contributed by atoms with E-state index in [0.717, 1.165) is 43.9 Å². The zero-order valence-corrected chi connectivity index (χ0v) is 19.7. The van der Waals surface area contributed by atoms with Crippen LogP contribution in [0.3, 0.4) is 0 Å². The number of hydrogen-bond acceptors (Lipinski definition) is 8. The van der Waals surface area contributed by atoms with Gasteiger partial charge in [-0.2, -0.15) is 18.2 Å². The Morgan fingerprint density at radius 3 is 2.67 bits per heavy atom. The number of amides is 1. The maximum atomic E-state index is 13.2. The van der Waals surface area contributed by atoms with Crippen molar-refractivity contribution < 1.29 is 18.0 Å². The summed E-state index contributed by atoms with van der Waals surface area (Å²) in [6, 6.07) is 5.41. The predicted molar refractivity (Wildman–Crippen MR) is 134 cm³/mol. The van der Waals surface area contributed by atoms with Gasteiger partial charge in [-0.25, -0.2) is 9.97 Å². The Morgan fingerprint density at radius 2 is 1.94 bits per heavy atom. The summed E-state index contributed by atoms with van der Waals surface area (Å²) >= 11 is 0. The molecule has 1 fully saturated rings. The summed E-state index contributed by atoms with van der Waals surface area (Å²) in [5.41, 5.74) is 5.91. The summed E-state index contributed by atoms with van der Waals surface area (Å²) in [6.07, 6.45) is 2.37. The van der Waals surface area contributed by atoms with Gasteiger partial charge >= 0.3 is 6.18 Å². The quantitative estimate of drug-likeness (QED) is 0.274. The first-order chi connectivity index (χ1) is 17.2. The van der Waals surface area contributed by atoms with Crippen molar-refractivity contribution in [2.75, 3.05) is 47.9 Å². The van der Waals surface area contributed by atoms with Crippen molar-refractivity contribution in [1.82, 2.24) is 20.3 Å². The second-order valence-corrected chi connectivity index (χ2v) is 8.40. The van der Waals surface area contributed by atoms with Crippen LogP contribution >= 0.6 is 0 Å². The summed E-state index contributed by atoms with van der Waals surface area (Å²) in [6.45, 7) is 2.09. The highest BCUT2D eigenvalue weighted by Gasteiger charge is 2.31. The van der Waals surface area contributed by atoms with E-state index in [1.54, 1.807) is 13.2 Å². The monoisotopic (exact) mass is 500 g/mol. The minimum absolute atomic E-state index is 0.0493. The largest absolute Gasteiger partial charge is 0.416 e. The molecule has 190 valence electrons. The van der Waals surface area contributed by atoms with E-state index in [9.17, 15) is 18.0 Å². The summed E-state index contributed by atoms with van der Waals surface area (Å²) in [5, 5.41) is 9.22. The van der Waals surface area contributed by atoms with Crippen LogP contribution in [0.4, 0.5) is 36.4 Å². The first kappa shape index (κ1) is 25.0. The fourth-order valence-corrected chi connectivity index (χ4v) is 3.99. The van der Waals surface area contributed by atoms with Gasteiger partial charge in [-0.05, 0) is 49.1 Å². The molecule has 9 nitrogen and oxygen atoms in total. The molecule has 0 unspecified atom stereocenters. The van der Waals surface area contributed by atoms with Gasteiger partial charge in [-0.3, -0.25) is 10.1 Å². The van der Waals surface area contributed by atoms with Crippen LogP contribution in [-0.2, 0) is 17.4 Å². The molecule has 1 aliphatic heterocycles. The van der Waals surface area contributed by atoms with Crippen molar-refractivity contribution in [3.63, 3.8) is 0 Å². The summed E-state index contributed by atoms with van der Waals surface area (Å²) < 4.78 is 39.5. The number of carbonyl (C=O) groups excluding carboxylic acids is 1. The molecule has 0 spiro atoms. The van der Waals surface area contributed by atoms with Crippen LogP contribution in [0.15, 0.2) is 42.7 Å². The molecule has 0 atom stereocenters. The molecular weight excluding hydrogens is 473 g/mol. The number of halogens is 3. The number of nitrogens with zero attached hydrogens (tertiary/aromatic N) is 4. The Balaban J connectivity index is 1.60. The lowest BCUT2D eigenvalue weighted by Gasteiger charge is -2.18. The summed E-state index contributed by atoms with van der Waals surface area (Å²) in [4.78, 5) is 27.7. The molecule has 1 aliphatic rings. The zero-order chi connectivity index (χ0) is 25.7. The van der Waals surface area contributed by atoms with E-state index in [1.165, 1.54) is 18.3 Å². The highest BCUT2D eigenvalue weighted by molar-refractivity contribution is 5.99. The zero-order valence-electron chi connectivity index (χ0n) is 19.7. The van der Waals surface area contributed by atoms with E-state index < -0.39 is 17.6 Å². The Labute approximate surface area is 206 Å². The Hall–Kier alpha value is -4.09. The van der Waals surface area contributed by atoms with Crippen molar-refractivity contribution in [1.29, 1.82) is 0 Å². The normalized spacial score (nSPS) is 13.9. The van der Waals surface area contributed by atoms with Crippen LogP contribution in [0.2, 0.25) is 0 Å². The van der Waals surface area contributed by atoms with Crippen molar-refractivity contribution >= 4 is 40.1 Å². The first-order valence-electron chi connectivity index (χ1n) is 11.5. The van der Waals surface area contributed by atoms with Crippen LogP contribution in [-0.4, -0.2) is 47.5 Å². The van der Waals surface area contributed by atoms with Crippen molar-refractivity contribution in [3.8, 4) is 0 Å². The Kier molecular flexibility index (Phi) is 7.41. The number of rotatable bonds is 8. The predicted octanol–water partition coefficient (Wildman–Crippen LogP) is 3.55. The van der Waals surface area contributed by atoms with E-state index in [0.29, 0.717) is 22.3 Å². The van der Waals surface area contributed by atoms with Gasteiger partial charge in [-0.1, -0.05) is 0 Å². The average Bonchev–Trinajstić information content (AvgIpc) is 3.37. The van der Waals surface area contributed by atoms with Gasteiger partial charge < -0.3 is 21.3 Å². The number of anilines is 4. The second-order valence-electron chi connectivity index (χ2n) is 8.40. The highest BCUT2D eigenvalue weighted by Crippen LogP contribution is 2.32. The molecule has 1 amide bonds. The number of nitrogen functional groups attached to an aromatic ring is 1. The van der Waals surface area contributed by atoms with Crippen LogP contribution in [0.1, 0.15) is 24.0 Å². The van der Waals surface area contributed by atoms with Crippen molar-refractivity contribution in [2.24, 2.45) is 0 Å². The van der Waals surface area contributed by atoms with Crippen LogP contribution in [0.5, 0.6) is 0 Å². The molecule has 0 radical (unpaired) electrons. The van der Waals surface area contributed by atoms with Crippen LogP contribution in [0.25, 0.3) is 10.9 Å². The first-order valence-corrected chi connectivity index (χ1v) is 11.5. The molecule has 36 heavy (non-hydrogen) atoms. The summed E-state index contributed by atoms with van der Waals surface area (Å²) in [5.74, 6) is 0.896. The lowest BCUT2D eigenvalue weighted by Crippen LogP contribution is -2.19. The number of hydrogen-bond donors (Lipinski definition) is 4. The number of benzene rings is 1. The molecule has 0 bridgehead atoms. The molecule has 1 aromatic carbocycles. The number of fused-ring (bicyclic) bond motifs is 1. The minimum Gasteiger partial charge on any atom is -0.399 e. The van der Waals surface area contributed by atoms with Crippen molar-refractivity contribution in [2.45, 2.75) is 25.4 Å². The van der Waals surface area contributed by atoms with E-state index in [-0.39, 0.29) is 24.6 Å². The van der Waals surface area contributed by atoms with Gasteiger partial charge in [0.2, 0.25) is 5.95 Å². The Bertz CT molecular complexity index is 1270. The Morgan fingerprint density at radius 1 is 1.17 bits per heavy atom. The molecule has 0 saturated carbocycles. The van der Waals surface area contributed by atoms with E-state index in [4.69, 9.17) is 5.73 Å². The highest BCUT2D eigenvalue weighted by atomic mass is 19.4. The lowest BCUT2D eigenvalue weighted by molar-refractivity contribution is -0.137. The van der Waals surface area contributed by atoms with Crippen LogP contribution in [0, 0.1) is 0 Å². The molecular formula is C24H27F3N8O. The third-order valence-electron chi connectivity index (χ3n) is 5.68. The SMILES string of the molecule is CNC=CC(=O)Nc1nc(NCCc2cc(N)cc(C(F)(F)F)c2)c2cc(N3CCCC3)ncc2n1. The standard InChI is InChI=1S/C24H27F3N8O/c1-29-6-5-21(36)33-23-32-19-14-31-20(35-8-2-3-9-35)13-18(19)22(34-23)30-7-4-15-10-16(24(25,26)27)12-17(28)11-15/h5-6,10-14,29H,2-4,7-9,28H2,1H3,(H2,30,32,33,34,36). The van der Waals surface area contributed by atoms with Gasteiger partial charge in [0.1, 0.15) is 11.6 Å². The molecule has 3 aromatic rings. The minimum atomic E-state index is -4.48. The van der Waals surface area contributed by atoms with E-state index in [2.05, 4.69) is 35.8 Å². The van der Waals surface area contributed by atoms with Gasteiger partial charge in [0.15, 0.2) is 0 Å². The number of nitrogens with two attached hydrogens (primary N) is 1. The van der Waals surface area contributed by atoms with Gasteiger partial charge in [0, 0.05) is 50.0 Å². The van der Waals surface area contributed by atoms with E-state index >= 15 is 0 Å². The third-order valence-corrected chi connectivity index (χ3v) is 5.68. The smallest absolute Gasteiger partial charge is 0.399 e. The molecule has 2 aromatic heterocycles. The number of pyridine rings is 1. The molecule has 1 saturated heterocycles. The lowest BCUT2D eigenvalue weighted by atomic mass is 10.1. The topological polar surface area (TPSA) is 121 Å². The maximum absolute atomic E-state index is 13.2. The van der Waals surface area contributed by atoms with E-state index in [1.807, 2.05) is 6.07 Å². The number of carbonyl (C=O) groups is 1. The third kappa shape index (κ3) is 6.12. The fraction of sp³-hybridized carbons (Fsp3) is 0.333. The number of aromatic nitrogens is 3. The fourth-order valence-electron chi connectivity index (χ4n) is 3.99. The second kappa shape index (κ2) is 10.7. The molecule has 12 heteroatoms.